The van der Waals surface area contributed by atoms with E-state index in [1.165, 1.54) is 12.1 Å². The van der Waals surface area contributed by atoms with Crippen LogP contribution >= 0.6 is 21.8 Å². The fraction of sp³-hybridized carbons (Fsp3) is 0.667. The molecule has 0 saturated heterocycles. The molecule has 0 fully saturated rings. The van der Waals surface area contributed by atoms with Gasteiger partial charge in [-0.25, -0.2) is 4.79 Å². The van der Waals surface area contributed by atoms with Crippen molar-refractivity contribution in [1.29, 1.82) is 0 Å². The first-order chi connectivity index (χ1) is 5.95. The van der Waals surface area contributed by atoms with Gasteiger partial charge in [0.05, 0.1) is 6.61 Å². The van der Waals surface area contributed by atoms with E-state index in [1.54, 1.807) is 0 Å². The third-order valence-corrected chi connectivity index (χ3v) is 4.74. The van der Waals surface area contributed by atoms with Crippen LogP contribution in [0.25, 0.3) is 0 Å². The first kappa shape index (κ1) is 13.2. The lowest BCUT2D eigenvalue weighted by atomic mass is 10.4. The maximum Gasteiger partial charge on any atom is 0.330 e. The molecule has 0 saturated carbocycles. The molecular weight excluding hydrogens is 295 g/mol. The Balaban J connectivity index is 3.27. The maximum absolute atomic E-state index is 10.6. The van der Waals surface area contributed by atoms with Crippen molar-refractivity contribution in [2.45, 2.75) is 32.0 Å². The monoisotopic (exact) mass is 312 g/mol. The number of carbonyl (C=O) groups is 1. The Labute approximate surface area is 94.0 Å². The minimum absolute atomic E-state index is 0.314. The van der Waals surface area contributed by atoms with E-state index >= 15 is 0 Å². The zero-order valence-electron chi connectivity index (χ0n) is 8.31. The largest absolute Gasteiger partial charge is 0.463 e. The van der Waals surface area contributed by atoms with Crippen LogP contribution in [0.4, 0.5) is 0 Å². The van der Waals surface area contributed by atoms with Gasteiger partial charge in [-0.1, -0.05) is 26.1 Å². The molecule has 0 aromatic rings. The average molecular weight is 312 g/mol. The van der Waals surface area contributed by atoms with E-state index in [2.05, 4.69) is 41.5 Å². The van der Waals surface area contributed by atoms with Gasteiger partial charge in [0.15, 0.2) is 0 Å². The van der Waals surface area contributed by atoms with Crippen LogP contribution in [0.2, 0.25) is 19.1 Å². The van der Waals surface area contributed by atoms with Crippen LogP contribution in [0.5, 0.6) is 0 Å². The number of carbonyl (C=O) groups excluding carboxylic acids is 1. The fourth-order valence-corrected chi connectivity index (χ4v) is 3.11. The van der Waals surface area contributed by atoms with Crippen LogP contribution in [0, 0.1) is 0 Å². The zero-order chi connectivity index (χ0) is 10.3. The lowest BCUT2D eigenvalue weighted by Gasteiger charge is -2.12. The molecule has 0 aliphatic carbocycles. The third-order valence-electron chi connectivity index (χ3n) is 1.58. The molecule has 0 heterocycles. The average Bonchev–Trinajstić information content (AvgIpc) is 2.01. The highest BCUT2D eigenvalue weighted by Crippen LogP contribution is 2.20. The predicted molar refractivity (Wildman–Crippen MR) is 66.7 cm³/mol. The Hall–Kier alpha value is 0.157. The Morgan fingerprint density at radius 2 is 2.15 bits per heavy atom. The highest BCUT2D eigenvalue weighted by atomic mass is 127. The van der Waals surface area contributed by atoms with Crippen LogP contribution in [0.15, 0.2) is 12.7 Å². The standard InChI is InChI=1S/C9H17IO2Si/c1-4-9(11)12-7-5-6-8-13(2,3)10/h4H,1,5-8H2,2-3H3. The molecule has 0 spiro atoms. The van der Waals surface area contributed by atoms with Gasteiger partial charge in [0.25, 0.3) is 0 Å². The lowest BCUT2D eigenvalue weighted by Crippen LogP contribution is -2.14. The minimum Gasteiger partial charge on any atom is -0.463 e. The van der Waals surface area contributed by atoms with Crippen LogP contribution in [-0.4, -0.2) is 18.1 Å². The van der Waals surface area contributed by atoms with Gasteiger partial charge < -0.3 is 4.74 Å². The van der Waals surface area contributed by atoms with E-state index < -0.39 is 5.57 Å². The second kappa shape index (κ2) is 6.59. The molecule has 0 aromatic heterocycles. The van der Waals surface area contributed by atoms with Crippen LogP contribution in [-0.2, 0) is 9.53 Å². The lowest BCUT2D eigenvalue weighted by molar-refractivity contribution is -0.137. The van der Waals surface area contributed by atoms with Gasteiger partial charge in [-0.15, -0.1) is 21.8 Å². The molecule has 0 atom stereocenters. The number of hydrogen-bond donors (Lipinski definition) is 0. The molecule has 0 bridgehead atoms. The van der Waals surface area contributed by atoms with Gasteiger partial charge in [0.2, 0.25) is 0 Å². The van der Waals surface area contributed by atoms with E-state index in [0.29, 0.717) is 6.61 Å². The van der Waals surface area contributed by atoms with Crippen molar-refractivity contribution in [3.8, 4) is 0 Å². The van der Waals surface area contributed by atoms with Gasteiger partial charge in [-0.05, 0) is 12.5 Å². The molecule has 0 amide bonds. The molecule has 13 heavy (non-hydrogen) atoms. The topological polar surface area (TPSA) is 26.3 Å². The number of esters is 1. The Morgan fingerprint density at radius 3 is 2.62 bits per heavy atom. The molecule has 76 valence electrons. The number of rotatable bonds is 6. The molecule has 0 radical (unpaired) electrons. The molecule has 2 nitrogen and oxygen atoms in total. The van der Waals surface area contributed by atoms with Crippen molar-refractivity contribution in [1.82, 2.24) is 0 Å². The second-order valence-corrected chi connectivity index (χ2v) is 16.2. The van der Waals surface area contributed by atoms with Crippen LogP contribution < -0.4 is 0 Å². The molecule has 4 heteroatoms. The quantitative estimate of drug-likeness (QED) is 0.188. The Bertz CT molecular complexity index is 175. The first-order valence-corrected chi connectivity index (χ1v) is 10.8. The van der Waals surface area contributed by atoms with Gasteiger partial charge in [0.1, 0.15) is 5.57 Å². The van der Waals surface area contributed by atoms with E-state index in [0.717, 1.165) is 12.8 Å². The third kappa shape index (κ3) is 10.1. The first-order valence-electron chi connectivity index (χ1n) is 4.44. The van der Waals surface area contributed by atoms with Crippen molar-refractivity contribution in [3.05, 3.63) is 12.7 Å². The minimum atomic E-state index is -0.933. The molecule has 0 N–H and O–H groups in total. The van der Waals surface area contributed by atoms with E-state index in [4.69, 9.17) is 4.74 Å². The summed E-state index contributed by atoms with van der Waals surface area (Å²) in [4.78, 5) is 10.6. The van der Waals surface area contributed by atoms with Crippen molar-refractivity contribution in [2.24, 2.45) is 0 Å². The summed E-state index contributed by atoms with van der Waals surface area (Å²) < 4.78 is 4.86. The van der Waals surface area contributed by atoms with Gasteiger partial charge in [-0.3, -0.25) is 0 Å². The Kier molecular flexibility index (Phi) is 6.67. The van der Waals surface area contributed by atoms with E-state index in [9.17, 15) is 4.79 Å². The predicted octanol–water partition coefficient (Wildman–Crippen LogP) is 3.14. The molecule has 0 aromatic carbocycles. The number of unbranched alkanes of at least 4 members (excludes halogenated alkanes) is 1. The normalized spacial score (nSPS) is 11.0. The van der Waals surface area contributed by atoms with Crippen LogP contribution in [0.1, 0.15) is 12.8 Å². The van der Waals surface area contributed by atoms with Crippen molar-refractivity contribution in [3.63, 3.8) is 0 Å². The number of hydrogen-bond acceptors (Lipinski definition) is 2. The maximum atomic E-state index is 10.6. The van der Waals surface area contributed by atoms with Gasteiger partial charge >= 0.3 is 5.97 Å². The van der Waals surface area contributed by atoms with Crippen molar-refractivity contribution >= 4 is 33.3 Å². The van der Waals surface area contributed by atoms with Gasteiger partial charge in [0, 0.05) is 6.08 Å². The Morgan fingerprint density at radius 1 is 1.54 bits per heavy atom. The molecule has 0 aliphatic rings. The van der Waals surface area contributed by atoms with Crippen LogP contribution in [0.3, 0.4) is 0 Å². The smallest absolute Gasteiger partial charge is 0.330 e. The summed E-state index contributed by atoms with van der Waals surface area (Å²) in [5.74, 6) is -0.314. The summed E-state index contributed by atoms with van der Waals surface area (Å²) in [6.45, 7) is 8.54. The number of halogens is 1. The number of ether oxygens (including phenoxy) is 1. The van der Waals surface area contributed by atoms with Gasteiger partial charge in [-0.2, -0.15) is 0 Å². The van der Waals surface area contributed by atoms with E-state index in [-0.39, 0.29) is 5.97 Å². The summed E-state index contributed by atoms with van der Waals surface area (Å²) in [6.07, 6.45) is 3.34. The summed E-state index contributed by atoms with van der Waals surface area (Å²) in [5, 5.41) is 0. The fourth-order valence-electron chi connectivity index (χ4n) is 0.879. The molecular formula is C9H17IO2Si. The highest BCUT2D eigenvalue weighted by Gasteiger charge is 2.14. The molecule has 0 rings (SSSR count). The van der Waals surface area contributed by atoms with Crippen molar-refractivity contribution < 1.29 is 9.53 Å². The van der Waals surface area contributed by atoms with E-state index in [1.807, 2.05) is 0 Å². The zero-order valence-corrected chi connectivity index (χ0v) is 11.5. The summed E-state index contributed by atoms with van der Waals surface area (Å²) in [6, 6.07) is 1.29. The SMILES string of the molecule is C=CC(=O)OCCCC[Si](C)(C)I. The molecule has 0 unspecified atom stereocenters. The highest BCUT2D eigenvalue weighted by molar-refractivity contribution is 14.1. The molecule has 0 aliphatic heterocycles. The van der Waals surface area contributed by atoms with Crippen molar-refractivity contribution in [2.75, 3.05) is 6.61 Å². The summed E-state index contributed by atoms with van der Waals surface area (Å²) in [7, 11) is 0. The summed E-state index contributed by atoms with van der Waals surface area (Å²) in [5.41, 5.74) is -0.933. The second-order valence-electron chi connectivity index (χ2n) is 3.55. The summed E-state index contributed by atoms with van der Waals surface area (Å²) >= 11 is 2.56.